The average molecular weight is 1110 g/mol. The normalized spacial score (nSPS) is 31.0. The molecule has 0 bridgehead atoms. The maximum atomic E-state index is 10.9. The Labute approximate surface area is 462 Å². The Morgan fingerprint density at radius 3 is 1.29 bits per heavy atom. The lowest BCUT2D eigenvalue weighted by Crippen LogP contribution is -2.43. The highest BCUT2D eigenvalue weighted by atomic mass is 16.6. The van der Waals surface area contributed by atoms with Gasteiger partial charge in [-0.3, -0.25) is 43.2 Å². The third-order valence-electron chi connectivity index (χ3n) is 13.2. The van der Waals surface area contributed by atoms with E-state index in [9.17, 15) is 48.3 Å². The number of carbonyl (C=O) groups excluding carboxylic acids is 8. The molecule has 1 aliphatic carbocycles. The van der Waals surface area contributed by atoms with Crippen LogP contribution < -0.4 is 0 Å². The summed E-state index contributed by atoms with van der Waals surface area (Å²) in [5, 5.41) is 18.2. The van der Waals surface area contributed by atoms with E-state index >= 15 is 0 Å². The van der Waals surface area contributed by atoms with E-state index in [0.29, 0.717) is 100 Å². The van der Waals surface area contributed by atoms with E-state index < -0.39 is 30.1 Å². The Balaban J connectivity index is 0.000000437. The number of hydrogen-bond donors (Lipinski definition) is 2. The van der Waals surface area contributed by atoms with Crippen molar-refractivity contribution in [2.45, 2.75) is 221 Å². The molecule has 0 aromatic rings. The van der Waals surface area contributed by atoms with Crippen LogP contribution in [0.5, 0.6) is 0 Å². The molecule has 10 aliphatic rings. The molecule has 9 aliphatic heterocycles. The van der Waals surface area contributed by atoms with E-state index in [1.54, 1.807) is 6.92 Å². The van der Waals surface area contributed by atoms with Gasteiger partial charge < -0.3 is 52.8 Å². The molecular formula is C58H94O20. The van der Waals surface area contributed by atoms with Crippen LogP contribution in [0.4, 0.5) is 0 Å². The van der Waals surface area contributed by atoms with Crippen LogP contribution in [0.2, 0.25) is 0 Å². The zero-order valence-corrected chi connectivity index (χ0v) is 48.4. The number of hydrogen-bond acceptors (Lipinski definition) is 19. The Bertz CT molecular complexity index is 1860. The van der Waals surface area contributed by atoms with Crippen molar-refractivity contribution in [3.8, 4) is 0 Å². The number of ketones is 1. The summed E-state index contributed by atoms with van der Waals surface area (Å²) in [6.07, 6.45) is 14.1. The van der Waals surface area contributed by atoms with Gasteiger partial charge in [-0.1, -0.05) is 54.7 Å². The Kier molecular flexibility index (Phi) is 34.5. The second kappa shape index (κ2) is 38.1. The molecule has 0 aromatic carbocycles. The van der Waals surface area contributed by atoms with Gasteiger partial charge in [-0.2, -0.15) is 0 Å². The van der Waals surface area contributed by atoms with Crippen molar-refractivity contribution in [1.29, 1.82) is 0 Å². The lowest BCUT2D eigenvalue weighted by atomic mass is 9.87. The van der Waals surface area contributed by atoms with Gasteiger partial charge in [0.15, 0.2) is 0 Å². The molecule has 10 rings (SSSR count). The van der Waals surface area contributed by atoms with Crippen molar-refractivity contribution in [1.82, 2.24) is 0 Å². The third kappa shape index (κ3) is 34.4. The fourth-order valence-corrected chi connectivity index (χ4v) is 8.13. The molecule has 2 N–H and O–H groups in total. The quantitative estimate of drug-likeness (QED) is 0.193. The van der Waals surface area contributed by atoms with E-state index in [1.807, 2.05) is 41.5 Å². The Morgan fingerprint density at radius 2 is 1.03 bits per heavy atom. The van der Waals surface area contributed by atoms with Gasteiger partial charge >= 0.3 is 47.8 Å². The SMILES string of the molecule is C=C1CC(C)O1.C=C1OCC1C.CC1CC(O)(CC(=O)O)CC(=O)O1.CC1CCC(=O)O1.CC1CCC(=O)OC1.CC1CCCC(=O)O1.CC1CCCC1=O.CC1CCCOC1=O.CC1CCOC(=O)C1.CC1COC(=O)C1. The van der Waals surface area contributed by atoms with E-state index in [4.69, 9.17) is 43.0 Å². The minimum Gasteiger partial charge on any atom is -0.497 e. The van der Waals surface area contributed by atoms with Crippen molar-refractivity contribution in [2.24, 2.45) is 35.5 Å². The number of carboxylic acid groups (broad SMARTS) is 1. The van der Waals surface area contributed by atoms with Crippen LogP contribution in [0.25, 0.3) is 0 Å². The van der Waals surface area contributed by atoms with E-state index in [1.165, 1.54) is 0 Å². The molecule has 0 amide bonds. The van der Waals surface area contributed by atoms with E-state index in [-0.39, 0.29) is 66.8 Å². The first-order valence-corrected chi connectivity index (χ1v) is 27.9. The summed E-state index contributed by atoms with van der Waals surface area (Å²) in [7, 11) is 0. The predicted octanol–water partition coefficient (Wildman–Crippen LogP) is 9.03. The minimum absolute atomic E-state index is 0.0312. The summed E-state index contributed by atoms with van der Waals surface area (Å²) < 4.78 is 43.0. The molecule has 20 nitrogen and oxygen atoms in total. The second-order valence-corrected chi connectivity index (χ2v) is 22.0. The van der Waals surface area contributed by atoms with Crippen LogP contribution in [0.1, 0.15) is 191 Å². The van der Waals surface area contributed by atoms with Gasteiger partial charge in [-0.05, 0) is 97.3 Å². The van der Waals surface area contributed by atoms with Crippen molar-refractivity contribution in [3.63, 3.8) is 0 Å². The van der Waals surface area contributed by atoms with Gasteiger partial charge in [0, 0.05) is 62.7 Å². The molecule has 9 heterocycles. The molecule has 446 valence electrons. The Hall–Kier alpha value is -5.53. The topological polar surface area (TPSA) is 277 Å². The standard InChI is InChI=1S/C8H12O5.4C6H10O2.C6H10O.2C5H8O2.2C5H8O/c1-5-2-8(12,3-6(9)10)4-7(11)13-5;1-5-2-3-8-6(7)4-5;1-5-2-3-6(7)8-4-5;1-5-3-2-4-8-6(5)7;1-5-3-2-4-6(7)8-5;1-5-3-2-4-6(5)7;1-4-2-5(6)7-3-4;1-4-2-3-5(6)7-4;1-4-3-6-5(4)2;1-4-3-5(2)6-4/h5,12H,2-4H2,1H3,(H,9,10);4*5H,2-4H2,1H3;5H,2-4H2,1H3;2*4H,2-3H2,1H3;4H,2-3H2,1H3;5H,1,3H2,2H3. The number of aliphatic carboxylic acids is 1. The van der Waals surface area contributed by atoms with Crippen molar-refractivity contribution in [2.75, 3.05) is 33.0 Å². The smallest absolute Gasteiger partial charge is 0.308 e. The van der Waals surface area contributed by atoms with Gasteiger partial charge in [-0.25, -0.2) is 0 Å². The maximum absolute atomic E-state index is 10.9. The molecule has 0 radical (unpaired) electrons. The van der Waals surface area contributed by atoms with Gasteiger partial charge in [0.2, 0.25) is 0 Å². The number of ether oxygens (including phenoxy) is 9. The van der Waals surface area contributed by atoms with Gasteiger partial charge in [0.05, 0.1) is 87.5 Å². The van der Waals surface area contributed by atoms with E-state index in [2.05, 4.69) is 38.7 Å². The first kappa shape index (κ1) is 70.5. The minimum atomic E-state index is -1.43. The zero-order chi connectivity index (χ0) is 59.0. The number of carboxylic acids is 1. The van der Waals surface area contributed by atoms with E-state index in [0.717, 1.165) is 88.8 Å². The maximum Gasteiger partial charge on any atom is 0.308 e. The second-order valence-electron chi connectivity index (χ2n) is 22.0. The predicted molar refractivity (Wildman–Crippen MR) is 286 cm³/mol. The molecule has 0 aromatic heterocycles. The number of esters is 7. The lowest BCUT2D eigenvalue weighted by Gasteiger charge is -2.33. The number of cyclic esters (lactones) is 7. The van der Waals surface area contributed by atoms with Crippen LogP contribution in [0, 0.1) is 35.5 Å². The monoisotopic (exact) mass is 1110 g/mol. The molecule has 11 unspecified atom stereocenters. The average Bonchev–Trinajstić information content (AvgIpc) is 4.05. The van der Waals surface area contributed by atoms with Crippen LogP contribution in [0.15, 0.2) is 24.7 Å². The highest BCUT2D eigenvalue weighted by Gasteiger charge is 2.40. The first-order valence-electron chi connectivity index (χ1n) is 27.9. The van der Waals surface area contributed by atoms with Crippen LogP contribution in [-0.2, 0) is 85.8 Å². The van der Waals surface area contributed by atoms with Crippen molar-refractivity contribution >= 4 is 53.5 Å². The summed E-state index contributed by atoms with van der Waals surface area (Å²) in [6, 6.07) is 0. The third-order valence-corrected chi connectivity index (χ3v) is 13.2. The van der Waals surface area contributed by atoms with Crippen LogP contribution >= 0.6 is 0 Å². The molecule has 9 saturated heterocycles. The number of carbonyl (C=O) groups is 9. The van der Waals surface area contributed by atoms with Crippen LogP contribution in [0.3, 0.4) is 0 Å². The fourth-order valence-electron chi connectivity index (χ4n) is 8.13. The number of Topliss-reactive ketones (excluding diaryl/α,β-unsaturated/α-hetero) is 1. The van der Waals surface area contributed by atoms with Gasteiger partial charge in [0.25, 0.3) is 0 Å². The number of rotatable bonds is 2. The molecule has 78 heavy (non-hydrogen) atoms. The molecular weight excluding hydrogens is 1020 g/mol. The van der Waals surface area contributed by atoms with Gasteiger partial charge in [0.1, 0.15) is 18.0 Å². The fraction of sp³-hybridized carbons (Fsp3) is 0.776. The highest BCUT2D eigenvalue weighted by Crippen LogP contribution is 2.29. The summed E-state index contributed by atoms with van der Waals surface area (Å²) in [5.74, 6) is 3.14. The molecule has 0 spiro atoms. The summed E-state index contributed by atoms with van der Waals surface area (Å²) in [4.78, 5) is 94.2. The zero-order valence-electron chi connectivity index (χ0n) is 48.4. The van der Waals surface area contributed by atoms with Crippen molar-refractivity contribution in [3.05, 3.63) is 24.7 Å². The molecule has 11 atom stereocenters. The molecule has 1 saturated carbocycles. The lowest BCUT2D eigenvalue weighted by molar-refractivity contribution is -0.172. The van der Waals surface area contributed by atoms with Crippen molar-refractivity contribution < 1.29 is 96.0 Å². The largest absolute Gasteiger partial charge is 0.497 e. The van der Waals surface area contributed by atoms with Crippen LogP contribution in [-0.4, -0.2) is 127 Å². The first-order chi connectivity index (χ1) is 36.6. The highest BCUT2D eigenvalue weighted by molar-refractivity contribution is 5.82. The molecule has 10 fully saturated rings. The number of aliphatic hydroxyl groups is 1. The summed E-state index contributed by atoms with van der Waals surface area (Å²) in [5.41, 5.74) is -1.43. The van der Waals surface area contributed by atoms with Gasteiger partial charge in [-0.15, -0.1) is 0 Å². The summed E-state index contributed by atoms with van der Waals surface area (Å²) in [6.45, 7) is 30.3. The Morgan fingerprint density at radius 1 is 0.487 bits per heavy atom. The molecule has 20 heteroatoms. The summed E-state index contributed by atoms with van der Waals surface area (Å²) >= 11 is 0.